The van der Waals surface area contributed by atoms with Gasteiger partial charge in [-0.15, -0.1) is 0 Å². The smallest absolute Gasteiger partial charge is 0.222 e. The molecule has 1 rings (SSSR count). The predicted molar refractivity (Wildman–Crippen MR) is 60.7 cm³/mol. The van der Waals surface area contributed by atoms with E-state index in [0.717, 1.165) is 13.0 Å². The Morgan fingerprint density at radius 1 is 1.47 bits per heavy atom. The van der Waals surface area contributed by atoms with Gasteiger partial charge in [0.25, 0.3) is 0 Å². The van der Waals surface area contributed by atoms with Crippen molar-refractivity contribution in [3.8, 4) is 0 Å². The van der Waals surface area contributed by atoms with E-state index in [1.165, 1.54) is 12.8 Å². The van der Waals surface area contributed by atoms with Crippen LogP contribution in [0.25, 0.3) is 0 Å². The van der Waals surface area contributed by atoms with Gasteiger partial charge in [-0.25, -0.2) is 0 Å². The SMILES string of the molecule is COCCCC(=O)N(CC(C)C)C1CC1. The maximum atomic E-state index is 11.9. The Hall–Kier alpha value is -0.570. The number of hydrogen-bond donors (Lipinski definition) is 0. The minimum absolute atomic E-state index is 0.309. The molecule has 0 aliphatic heterocycles. The van der Waals surface area contributed by atoms with E-state index in [9.17, 15) is 4.79 Å². The number of carbonyl (C=O) groups is 1. The summed E-state index contributed by atoms with van der Waals surface area (Å²) in [6.07, 6.45) is 3.87. The number of hydrogen-bond acceptors (Lipinski definition) is 2. The van der Waals surface area contributed by atoms with E-state index in [1.807, 2.05) is 0 Å². The van der Waals surface area contributed by atoms with Crippen LogP contribution >= 0.6 is 0 Å². The van der Waals surface area contributed by atoms with Crippen molar-refractivity contribution >= 4 is 5.91 Å². The lowest BCUT2D eigenvalue weighted by Crippen LogP contribution is -2.36. The average Bonchev–Trinajstić information content (AvgIpc) is 2.97. The van der Waals surface area contributed by atoms with Crippen molar-refractivity contribution in [1.29, 1.82) is 0 Å². The molecular formula is C12H23NO2. The third-order valence-electron chi connectivity index (χ3n) is 2.61. The van der Waals surface area contributed by atoms with Crippen LogP contribution in [0.15, 0.2) is 0 Å². The van der Waals surface area contributed by atoms with Crippen LogP contribution in [-0.4, -0.2) is 37.1 Å². The Morgan fingerprint density at radius 2 is 2.13 bits per heavy atom. The molecule has 3 nitrogen and oxygen atoms in total. The van der Waals surface area contributed by atoms with Gasteiger partial charge in [0.2, 0.25) is 5.91 Å². The summed E-state index contributed by atoms with van der Waals surface area (Å²) >= 11 is 0. The molecule has 0 N–H and O–H groups in total. The van der Waals surface area contributed by atoms with E-state index in [2.05, 4.69) is 18.7 Å². The molecule has 15 heavy (non-hydrogen) atoms. The van der Waals surface area contributed by atoms with Crippen LogP contribution in [0.5, 0.6) is 0 Å². The number of rotatable bonds is 7. The number of amides is 1. The van der Waals surface area contributed by atoms with Crippen LogP contribution in [0, 0.1) is 5.92 Å². The molecule has 3 heteroatoms. The molecule has 0 aromatic heterocycles. The lowest BCUT2D eigenvalue weighted by Gasteiger charge is -2.24. The second-order valence-corrected chi connectivity index (χ2v) is 4.77. The molecule has 0 heterocycles. The van der Waals surface area contributed by atoms with Crippen LogP contribution in [0.4, 0.5) is 0 Å². The Morgan fingerprint density at radius 3 is 2.60 bits per heavy atom. The molecule has 1 aliphatic rings. The van der Waals surface area contributed by atoms with Crippen LogP contribution in [0.3, 0.4) is 0 Å². The quantitative estimate of drug-likeness (QED) is 0.606. The molecule has 88 valence electrons. The molecule has 0 saturated heterocycles. The molecule has 1 fully saturated rings. The molecule has 1 amide bonds. The highest BCUT2D eigenvalue weighted by molar-refractivity contribution is 5.76. The summed E-state index contributed by atoms with van der Waals surface area (Å²) in [7, 11) is 1.68. The molecule has 0 spiro atoms. The fourth-order valence-corrected chi connectivity index (χ4v) is 1.75. The first kappa shape index (κ1) is 12.5. The number of ether oxygens (including phenoxy) is 1. The van der Waals surface area contributed by atoms with Gasteiger partial charge in [-0.05, 0) is 25.2 Å². The zero-order chi connectivity index (χ0) is 11.3. The summed E-state index contributed by atoms with van der Waals surface area (Å²) in [5.74, 6) is 0.875. The van der Waals surface area contributed by atoms with Gasteiger partial charge in [-0.3, -0.25) is 4.79 Å². The number of nitrogens with zero attached hydrogens (tertiary/aromatic N) is 1. The minimum Gasteiger partial charge on any atom is -0.385 e. The van der Waals surface area contributed by atoms with E-state index in [1.54, 1.807) is 7.11 Å². The van der Waals surface area contributed by atoms with E-state index >= 15 is 0 Å². The van der Waals surface area contributed by atoms with Gasteiger partial charge in [0.05, 0.1) is 0 Å². The minimum atomic E-state index is 0.309. The molecular weight excluding hydrogens is 190 g/mol. The predicted octanol–water partition coefficient (Wildman–Crippen LogP) is 2.06. The van der Waals surface area contributed by atoms with E-state index in [4.69, 9.17) is 4.74 Å². The molecule has 0 bridgehead atoms. The monoisotopic (exact) mass is 213 g/mol. The standard InChI is InChI=1S/C12H23NO2/c1-10(2)9-13(11-6-7-11)12(14)5-4-8-15-3/h10-11H,4-9H2,1-3H3. The van der Waals surface area contributed by atoms with Crippen molar-refractivity contribution in [1.82, 2.24) is 4.90 Å². The maximum Gasteiger partial charge on any atom is 0.222 e. The molecule has 0 aromatic rings. The molecule has 0 aromatic carbocycles. The highest BCUT2D eigenvalue weighted by Gasteiger charge is 2.32. The fourth-order valence-electron chi connectivity index (χ4n) is 1.75. The second-order valence-electron chi connectivity index (χ2n) is 4.77. The summed E-state index contributed by atoms with van der Waals surface area (Å²) in [6, 6.07) is 0.544. The van der Waals surface area contributed by atoms with Gasteiger partial charge in [-0.1, -0.05) is 13.8 Å². The average molecular weight is 213 g/mol. The van der Waals surface area contributed by atoms with Crippen molar-refractivity contribution < 1.29 is 9.53 Å². The summed E-state index contributed by atoms with van der Waals surface area (Å²) in [6.45, 7) is 5.93. The van der Waals surface area contributed by atoms with E-state index in [-0.39, 0.29) is 0 Å². The summed E-state index contributed by atoms with van der Waals surface area (Å²) < 4.78 is 4.96. The Bertz CT molecular complexity index is 200. The summed E-state index contributed by atoms with van der Waals surface area (Å²) in [5.41, 5.74) is 0. The first-order chi connectivity index (χ1) is 7.15. The van der Waals surface area contributed by atoms with Gasteiger partial charge in [0.1, 0.15) is 0 Å². The van der Waals surface area contributed by atoms with Gasteiger partial charge >= 0.3 is 0 Å². The zero-order valence-electron chi connectivity index (χ0n) is 10.2. The van der Waals surface area contributed by atoms with Gasteiger partial charge in [0, 0.05) is 32.7 Å². The highest BCUT2D eigenvalue weighted by atomic mass is 16.5. The van der Waals surface area contributed by atoms with Crippen LogP contribution < -0.4 is 0 Å². The van der Waals surface area contributed by atoms with Crippen molar-refractivity contribution in [3.63, 3.8) is 0 Å². The second kappa shape index (κ2) is 6.11. The number of methoxy groups -OCH3 is 1. The largest absolute Gasteiger partial charge is 0.385 e. The van der Waals surface area contributed by atoms with Crippen molar-refractivity contribution in [2.24, 2.45) is 5.92 Å². The first-order valence-electron chi connectivity index (χ1n) is 5.93. The topological polar surface area (TPSA) is 29.5 Å². The third kappa shape index (κ3) is 4.65. The van der Waals surface area contributed by atoms with E-state index in [0.29, 0.717) is 30.9 Å². The Balaban J connectivity index is 2.30. The normalized spacial score (nSPS) is 15.7. The van der Waals surface area contributed by atoms with Crippen molar-refractivity contribution in [2.45, 2.75) is 45.6 Å². The van der Waals surface area contributed by atoms with Crippen LogP contribution in [0.1, 0.15) is 39.5 Å². The number of carbonyl (C=O) groups excluding carboxylic acids is 1. The summed E-state index contributed by atoms with van der Waals surface area (Å²) in [5, 5.41) is 0. The third-order valence-corrected chi connectivity index (χ3v) is 2.61. The van der Waals surface area contributed by atoms with Crippen LogP contribution in [-0.2, 0) is 9.53 Å². The molecule has 1 aliphatic carbocycles. The van der Waals surface area contributed by atoms with Gasteiger partial charge < -0.3 is 9.64 Å². The van der Waals surface area contributed by atoms with E-state index < -0.39 is 0 Å². The lowest BCUT2D eigenvalue weighted by molar-refractivity contribution is -0.132. The molecule has 0 unspecified atom stereocenters. The van der Waals surface area contributed by atoms with Crippen molar-refractivity contribution in [3.05, 3.63) is 0 Å². The molecule has 0 radical (unpaired) electrons. The lowest BCUT2D eigenvalue weighted by atomic mass is 10.2. The molecule has 1 saturated carbocycles. The molecule has 0 atom stereocenters. The van der Waals surface area contributed by atoms with Gasteiger partial charge in [0.15, 0.2) is 0 Å². The van der Waals surface area contributed by atoms with Crippen molar-refractivity contribution in [2.75, 3.05) is 20.3 Å². The fraction of sp³-hybridized carbons (Fsp3) is 0.917. The summed E-state index contributed by atoms with van der Waals surface area (Å²) in [4.78, 5) is 14.0. The first-order valence-corrected chi connectivity index (χ1v) is 5.93. The Kier molecular flexibility index (Phi) is 5.09. The highest BCUT2D eigenvalue weighted by Crippen LogP contribution is 2.28. The Labute approximate surface area is 92.8 Å². The maximum absolute atomic E-state index is 11.9. The zero-order valence-corrected chi connectivity index (χ0v) is 10.2. The van der Waals surface area contributed by atoms with Gasteiger partial charge in [-0.2, -0.15) is 0 Å². The van der Waals surface area contributed by atoms with Crippen LogP contribution in [0.2, 0.25) is 0 Å².